The van der Waals surface area contributed by atoms with Crippen LogP contribution in [0.2, 0.25) is 0 Å². The van der Waals surface area contributed by atoms with E-state index in [2.05, 4.69) is 20.2 Å². The zero-order valence-corrected chi connectivity index (χ0v) is 15.8. The average molecular weight is 381 g/mol. The first-order valence-corrected chi connectivity index (χ1v) is 9.06. The molecule has 1 N–H and O–H groups in total. The maximum Gasteiger partial charge on any atom is 0.337 e. The number of benzene rings is 2. The van der Waals surface area contributed by atoms with E-state index < -0.39 is 5.97 Å². The van der Waals surface area contributed by atoms with Gasteiger partial charge in [0.2, 0.25) is 0 Å². The molecule has 2 aromatic rings. The van der Waals surface area contributed by atoms with Gasteiger partial charge in [-0.3, -0.25) is 9.69 Å². The summed E-state index contributed by atoms with van der Waals surface area (Å²) in [6, 6.07) is 14.2. The smallest absolute Gasteiger partial charge is 0.337 e. The van der Waals surface area contributed by atoms with E-state index in [4.69, 9.17) is 4.74 Å². The Morgan fingerprint density at radius 3 is 2.36 bits per heavy atom. The Kier molecular flexibility index (Phi) is 6.89. The molecule has 0 unspecified atom stereocenters. The van der Waals surface area contributed by atoms with E-state index in [1.54, 1.807) is 36.4 Å². The minimum Gasteiger partial charge on any atom is -0.465 e. The number of rotatable bonds is 6. The number of esters is 1. The highest BCUT2D eigenvalue weighted by Crippen LogP contribution is 2.09. The molecule has 28 heavy (non-hydrogen) atoms. The van der Waals surface area contributed by atoms with Crippen molar-refractivity contribution >= 4 is 18.1 Å². The summed E-state index contributed by atoms with van der Waals surface area (Å²) >= 11 is 0. The van der Waals surface area contributed by atoms with Gasteiger partial charge in [-0.1, -0.05) is 24.3 Å². The summed E-state index contributed by atoms with van der Waals surface area (Å²) in [5, 5.41) is 3.97. The van der Waals surface area contributed by atoms with Crippen LogP contribution in [0.5, 0.6) is 0 Å². The largest absolute Gasteiger partial charge is 0.465 e. The van der Waals surface area contributed by atoms with E-state index in [0.717, 1.165) is 44.0 Å². The number of ether oxygens (including phenoxy) is 2. The van der Waals surface area contributed by atoms with Gasteiger partial charge < -0.3 is 9.47 Å². The lowest BCUT2D eigenvalue weighted by atomic mass is 10.1. The molecule has 1 heterocycles. The molecule has 3 rings (SSSR count). The molecule has 7 nitrogen and oxygen atoms in total. The number of hydrogen-bond donors (Lipinski definition) is 1. The van der Waals surface area contributed by atoms with E-state index >= 15 is 0 Å². The third-order valence-electron chi connectivity index (χ3n) is 4.44. The molecular formula is C21H23N3O4. The van der Waals surface area contributed by atoms with Crippen LogP contribution in [-0.4, -0.2) is 56.4 Å². The fourth-order valence-corrected chi connectivity index (χ4v) is 2.83. The molecule has 1 fully saturated rings. The maximum atomic E-state index is 12.2. The van der Waals surface area contributed by atoms with Gasteiger partial charge in [-0.25, -0.2) is 10.2 Å². The van der Waals surface area contributed by atoms with Gasteiger partial charge in [0.15, 0.2) is 0 Å². The summed E-state index contributed by atoms with van der Waals surface area (Å²) in [5.41, 5.74) is 5.43. The second-order valence-corrected chi connectivity index (χ2v) is 6.40. The maximum absolute atomic E-state index is 12.2. The third-order valence-corrected chi connectivity index (χ3v) is 4.44. The Labute approximate surface area is 163 Å². The molecule has 1 saturated heterocycles. The average Bonchev–Trinajstić information content (AvgIpc) is 2.75. The summed E-state index contributed by atoms with van der Waals surface area (Å²) in [5.74, 6) is -0.672. The standard InChI is InChI=1S/C21H23N3O4/c1-27-21(26)19-8-2-16(3-9-19)14-22-23-20(25)18-6-4-17(5-7-18)15-24-10-12-28-13-11-24/h2-9,14H,10-13,15H2,1H3,(H,23,25). The minimum absolute atomic E-state index is 0.277. The van der Waals surface area contributed by atoms with Gasteiger partial charge >= 0.3 is 5.97 Å². The summed E-state index contributed by atoms with van der Waals surface area (Å²) in [7, 11) is 1.34. The lowest BCUT2D eigenvalue weighted by Crippen LogP contribution is -2.35. The number of nitrogens with one attached hydrogen (secondary N) is 1. The fraction of sp³-hybridized carbons (Fsp3) is 0.286. The first kappa shape index (κ1) is 19.7. The van der Waals surface area contributed by atoms with E-state index in [0.29, 0.717) is 11.1 Å². The minimum atomic E-state index is -0.395. The number of hydrazone groups is 1. The van der Waals surface area contributed by atoms with Crippen LogP contribution in [0.4, 0.5) is 0 Å². The van der Waals surface area contributed by atoms with Crippen molar-refractivity contribution in [1.29, 1.82) is 0 Å². The lowest BCUT2D eigenvalue weighted by Gasteiger charge is -2.26. The number of amides is 1. The highest BCUT2D eigenvalue weighted by atomic mass is 16.5. The van der Waals surface area contributed by atoms with E-state index in [1.165, 1.54) is 13.3 Å². The molecule has 146 valence electrons. The second kappa shape index (κ2) is 9.77. The van der Waals surface area contributed by atoms with Crippen LogP contribution in [0.25, 0.3) is 0 Å². The zero-order valence-electron chi connectivity index (χ0n) is 15.8. The highest BCUT2D eigenvalue weighted by Gasteiger charge is 2.11. The normalized spacial score (nSPS) is 14.8. The van der Waals surface area contributed by atoms with Gasteiger partial charge in [-0.15, -0.1) is 0 Å². The molecule has 0 atom stereocenters. The number of methoxy groups -OCH3 is 1. The van der Waals surface area contributed by atoms with Crippen molar-refractivity contribution in [2.24, 2.45) is 5.10 Å². The second-order valence-electron chi connectivity index (χ2n) is 6.40. The Balaban J connectivity index is 1.51. The van der Waals surface area contributed by atoms with Crippen LogP contribution in [0.3, 0.4) is 0 Å². The fourth-order valence-electron chi connectivity index (χ4n) is 2.83. The molecule has 0 bridgehead atoms. The third kappa shape index (κ3) is 5.48. The quantitative estimate of drug-likeness (QED) is 0.471. The Bertz CT molecular complexity index is 826. The number of morpholine rings is 1. The van der Waals surface area contributed by atoms with Crippen molar-refractivity contribution in [2.75, 3.05) is 33.4 Å². The van der Waals surface area contributed by atoms with Gasteiger partial charge in [0.25, 0.3) is 5.91 Å². The predicted molar refractivity (Wildman–Crippen MR) is 105 cm³/mol. The van der Waals surface area contributed by atoms with Crippen molar-refractivity contribution in [3.8, 4) is 0 Å². The molecule has 1 aliphatic heterocycles. The molecule has 0 spiro atoms. The van der Waals surface area contributed by atoms with E-state index in [9.17, 15) is 9.59 Å². The van der Waals surface area contributed by atoms with Crippen molar-refractivity contribution < 1.29 is 19.1 Å². The summed E-state index contributed by atoms with van der Waals surface area (Å²) in [6.07, 6.45) is 1.52. The molecule has 2 aromatic carbocycles. The van der Waals surface area contributed by atoms with Crippen LogP contribution in [0.1, 0.15) is 31.8 Å². The van der Waals surface area contributed by atoms with Gasteiger partial charge in [0, 0.05) is 25.2 Å². The first-order chi connectivity index (χ1) is 13.7. The van der Waals surface area contributed by atoms with Crippen molar-refractivity contribution in [1.82, 2.24) is 10.3 Å². The van der Waals surface area contributed by atoms with Crippen molar-refractivity contribution in [3.63, 3.8) is 0 Å². The molecule has 1 amide bonds. The zero-order chi connectivity index (χ0) is 19.8. The van der Waals surface area contributed by atoms with Crippen molar-refractivity contribution in [2.45, 2.75) is 6.54 Å². The van der Waals surface area contributed by atoms with Gasteiger partial charge in [0.1, 0.15) is 0 Å². The van der Waals surface area contributed by atoms with Crippen LogP contribution < -0.4 is 5.43 Å². The van der Waals surface area contributed by atoms with Crippen LogP contribution in [0.15, 0.2) is 53.6 Å². The summed E-state index contributed by atoms with van der Waals surface area (Å²) in [4.78, 5) is 25.9. The van der Waals surface area contributed by atoms with E-state index in [1.807, 2.05) is 12.1 Å². The summed E-state index contributed by atoms with van der Waals surface area (Å²) < 4.78 is 10.0. The number of nitrogens with zero attached hydrogens (tertiary/aromatic N) is 2. The van der Waals surface area contributed by atoms with Crippen LogP contribution in [0, 0.1) is 0 Å². The first-order valence-electron chi connectivity index (χ1n) is 9.06. The van der Waals surface area contributed by atoms with Gasteiger partial charge in [0.05, 0.1) is 32.1 Å². The lowest BCUT2D eigenvalue weighted by molar-refractivity contribution is 0.0342. The number of carbonyl (C=O) groups is 2. The monoisotopic (exact) mass is 381 g/mol. The van der Waals surface area contributed by atoms with Gasteiger partial charge in [-0.05, 0) is 35.4 Å². The van der Waals surface area contributed by atoms with Crippen molar-refractivity contribution in [3.05, 3.63) is 70.8 Å². The van der Waals surface area contributed by atoms with Crippen LogP contribution in [-0.2, 0) is 16.0 Å². The molecule has 0 aliphatic carbocycles. The molecule has 0 radical (unpaired) electrons. The van der Waals surface area contributed by atoms with Gasteiger partial charge in [-0.2, -0.15) is 5.10 Å². The Morgan fingerprint density at radius 1 is 1.07 bits per heavy atom. The molecule has 7 heteroatoms. The summed E-state index contributed by atoms with van der Waals surface area (Å²) in [6.45, 7) is 4.24. The molecule has 1 aliphatic rings. The Hall–Kier alpha value is -3.03. The Morgan fingerprint density at radius 2 is 1.71 bits per heavy atom. The molecule has 0 saturated carbocycles. The molecule has 0 aromatic heterocycles. The van der Waals surface area contributed by atoms with Crippen LogP contribution >= 0.6 is 0 Å². The SMILES string of the molecule is COC(=O)c1ccc(C=NNC(=O)c2ccc(CN3CCOCC3)cc2)cc1. The topological polar surface area (TPSA) is 80.2 Å². The van der Waals surface area contributed by atoms with E-state index in [-0.39, 0.29) is 5.91 Å². The highest BCUT2D eigenvalue weighted by molar-refractivity contribution is 5.95. The number of hydrogen-bond acceptors (Lipinski definition) is 6. The predicted octanol–water partition coefficient (Wildman–Crippen LogP) is 2.07. The number of carbonyl (C=O) groups excluding carboxylic acids is 2. The molecular weight excluding hydrogens is 358 g/mol.